The second-order valence-corrected chi connectivity index (χ2v) is 3.32. The maximum Gasteiger partial charge on any atom is 0.463 e. The van der Waals surface area contributed by atoms with Crippen LogP contribution in [0.3, 0.4) is 0 Å². The summed E-state index contributed by atoms with van der Waals surface area (Å²) in [6.07, 6.45) is -5.75. The summed E-state index contributed by atoms with van der Waals surface area (Å²) in [6.45, 7) is 0. The number of rotatable bonds is 1. The number of halogens is 5. The summed E-state index contributed by atoms with van der Waals surface area (Å²) >= 11 is 0. The average molecular weight is 252 g/mol. The van der Waals surface area contributed by atoms with E-state index in [0.717, 1.165) is 6.07 Å². The molecule has 2 N–H and O–H groups in total. The molecule has 92 valence electrons. The van der Waals surface area contributed by atoms with E-state index in [2.05, 4.69) is 9.40 Å². The summed E-state index contributed by atoms with van der Waals surface area (Å²) in [5.41, 5.74) is 5.18. The fourth-order valence-electron chi connectivity index (χ4n) is 1.20. The third-order valence-electron chi connectivity index (χ3n) is 2.04. The zero-order valence-electron chi connectivity index (χ0n) is 8.05. The standard InChI is InChI=1S/C9H5F5N2O/c10-8(11,9(12,13)14)7-16-5-2-1-4(15)3-6(5)17-7/h1-3H,15H2. The van der Waals surface area contributed by atoms with Crippen LogP contribution in [0.4, 0.5) is 27.6 Å². The van der Waals surface area contributed by atoms with Crippen LogP contribution in [0.2, 0.25) is 0 Å². The Bertz CT molecular complexity index is 560. The summed E-state index contributed by atoms with van der Waals surface area (Å²) < 4.78 is 66.3. The van der Waals surface area contributed by atoms with E-state index in [0.29, 0.717) is 0 Å². The van der Waals surface area contributed by atoms with Crippen molar-refractivity contribution in [2.75, 3.05) is 5.73 Å². The van der Waals surface area contributed by atoms with Crippen LogP contribution in [0.1, 0.15) is 5.89 Å². The van der Waals surface area contributed by atoms with Gasteiger partial charge in [-0.25, -0.2) is 4.98 Å². The molecule has 8 heteroatoms. The highest BCUT2D eigenvalue weighted by Crippen LogP contribution is 2.44. The highest BCUT2D eigenvalue weighted by atomic mass is 19.4. The van der Waals surface area contributed by atoms with Gasteiger partial charge < -0.3 is 10.2 Å². The molecule has 0 aliphatic carbocycles. The van der Waals surface area contributed by atoms with Crippen molar-refractivity contribution in [3.05, 3.63) is 24.1 Å². The van der Waals surface area contributed by atoms with Gasteiger partial charge in [-0.3, -0.25) is 0 Å². The van der Waals surface area contributed by atoms with Crippen LogP contribution < -0.4 is 5.73 Å². The normalized spacial score (nSPS) is 13.2. The Kier molecular flexibility index (Phi) is 2.27. The summed E-state index contributed by atoms with van der Waals surface area (Å²) in [7, 11) is 0. The fourth-order valence-corrected chi connectivity index (χ4v) is 1.20. The van der Waals surface area contributed by atoms with Crippen molar-refractivity contribution in [3.63, 3.8) is 0 Å². The molecule has 3 nitrogen and oxygen atoms in total. The molecule has 0 radical (unpaired) electrons. The molecule has 1 aromatic carbocycles. The molecule has 1 aromatic heterocycles. The van der Waals surface area contributed by atoms with Crippen LogP contribution in [0, 0.1) is 0 Å². The van der Waals surface area contributed by atoms with Gasteiger partial charge in [0.1, 0.15) is 5.52 Å². The second kappa shape index (κ2) is 3.31. The Labute approximate surface area is 91.0 Å². The third-order valence-corrected chi connectivity index (χ3v) is 2.04. The van der Waals surface area contributed by atoms with Crippen molar-refractivity contribution in [3.8, 4) is 0 Å². The number of nitrogens with two attached hydrogens (primary N) is 1. The topological polar surface area (TPSA) is 52.0 Å². The fraction of sp³-hybridized carbons (Fsp3) is 0.222. The minimum atomic E-state index is -5.75. The molecule has 1 heterocycles. The summed E-state index contributed by atoms with van der Waals surface area (Å²) in [5.74, 6) is -6.81. The molecular weight excluding hydrogens is 247 g/mol. The molecule has 0 fully saturated rings. The monoisotopic (exact) mass is 252 g/mol. The summed E-state index contributed by atoms with van der Waals surface area (Å²) in [6, 6.07) is 3.64. The van der Waals surface area contributed by atoms with E-state index in [1.807, 2.05) is 0 Å². The number of oxazole rings is 1. The number of alkyl halides is 5. The van der Waals surface area contributed by atoms with Gasteiger partial charge in [0.15, 0.2) is 5.58 Å². The summed E-state index contributed by atoms with van der Waals surface area (Å²) in [4.78, 5) is 3.10. The lowest BCUT2D eigenvalue weighted by atomic mass is 10.3. The van der Waals surface area contributed by atoms with E-state index in [-0.39, 0.29) is 16.8 Å². The van der Waals surface area contributed by atoms with Crippen molar-refractivity contribution in [1.82, 2.24) is 4.98 Å². The first kappa shape index (κ1) is 11.6. The predicted molar refractivity (Wildman–Crippen MR) is 48.4 cm³/mol. The van der Waals surface area contributed by atoms with Gasteiger partial charge in [-0.15, -0.1) is 0 Å². The molecule has 0 aliphatic heterocycles. The number of nitrogens with zero attached hydrogens (tertiary/aromatic N) is 1. The zero-order chi connectivity index (χ0) is 12.8. The van der Waals surface area contributed by atoms with Gasteiger partial charge in [-0.05, 0) is 12.1 Å². The predicted octanol–water partition coefficient (Wildman–Crippen LogP) is 3.06. The second-order valence-electron chi connectivity index (χ2n) is 3.32. The van der Waals surface area contributed by atoms with Gasteiger partial charge in [0.2, 0.25) is 0 Å². The Morgan fingerprint density at radius 1 is 1.12 bits per heavy atom. The van der Waals surface area contributed by atoms with Gasteiger partial charge in [0, 0.05) is 11.8 Å². The lowest BCUT2D eigenvalue weighted by Gasteiger charge is -2.15. The van der Waals surface area contributed by atoms with Crippen molar-refractivity contribution in [2.45, 2.75) is 12.1 Å². The molecule has 0 bridgehead atoms. The van der Waals surface area contributed by atoms with Gasteiger partial charge in [0.25, 0.3) is 5.89 Å². The Hall–Kier alpha value is -1.86. The molecule has 2 rings (SSSR count). The van der Waals surface area contributed by atoms with Crippen LogP contribution in [-0.2, 0) is 5.92 Å². The third kappa shape index (κ3) is 1.79. The van der Waals surface area contributed by atoms with E-state index >= 15 is 0 Å². The van der Waals surface area contributed by atoms with Crippen LogP contribution in [0.15, 0.2) is 22.6 Å². The number of aromatic nitrogens is 1. The van der Waals surface area contributed by atoms with Gasteiger partial charge in [0.05, 0.1) is 0 Å². The van der Waals surface area contributed by atoms with Crippen LogP contribution >= 0.6 is 0 Å². The highest BCUT2D eigenvalue weighted by Gasteiger charge is 2.62. The highest BCUT2D eigenvalue weighted by molar-refractivity contribution is 5.76. The summed E-state index contributed by atoms with van der Waals surface area (Å²) in [5, 5.41) is 0. The molecule has 0 aliphatic rings. The van der Waals surface area contributed by atoms with Crippen molar-refractivity contribution in [2.24, 2.45) is 0 Å². The first-order chi connectivity index (χ1) is 7.72. The van der Waals surface area contributed by atoms with E-state index < -0.39 is 18.0 Å². The number of anilines is 1. The van der Waals surface area contributed by atoms with Crippen LogP contribution in [-0.4, -0.2) is 11.2 Å². The smallest absolute Gasteiger partial charge is 0.435 e. The molecule has 0 unspecified atom stereocenters. The largest absolute Gasteiger partial charge is 0.463 e. The van der Waals surface area contributed by atoms with E-state index in [1.54, 1.807) is 0 Å². The lowest BCUT2D eigenvalue weighted by molar-refractivity contribution is -0.297. The number of fused-ring (bicyclic) bond motifs is 1. The van der Waals surface area contributed by atoms with Crippen molar-refractivity contribution in [1.29, 1.82) is 0 Å². The minimum absolute atomic E-state index is 0.113. The van der Waals surface area contributed by atoms with Crippen LogP contribution in [0.25, 0.3) is 11.1 Å². The average Bonchev–Trinajstić information content (AvgIpc) is 2.58. The van der Waals surface area contributed by atoms with Crippen molar-refractivity contribution < 1.29 is 26.4 Å². The van der Waals surface area contributed by atoms with E-state index in [1.165, 1.54) is 12.1 Å². The molecule has 17 heavy (non-hydrogen) atoms. The molecule has 0 amide bonds. The molecule has 0 atom stereocenters. The first-order valence-electron chi connectivity index (χ1n) is 4.33. The molecule has 2 aromatic rings. The number of nitrogen functional groups attached to an aromatic ring is 1. The van der Waals surface area contributed by atoms with Crippen molar-refractivity contribution >= 4 is 16.8 Å². The first-order valence-corrected chi connectivity index (χ1v) is 4.33. The Morgan fingerprint density at radius 3 is 2.35 bits per heavy atom. The molecule has 0 saturated heterocycles. The zero-order valence-corrected chi connectivity index (χ0v) is 8.05. The minimum Gasteiger partial charge on any atom is -0.435 e. The number of benzene rings is 1. The Balaban J connectivity index is 2.57. The maximum absolute atomic E-state index is 12.9. The lowest BCUT2D eigenvalue weighted by Crippen LogP contribution is -2.33. The molecule has 0 saturated carbocycles. The quantitative estimate of drug-likeness (QED) is 0.626. The van der Waals surface area contributed by atoms with E-state index in [9.17, 15) is 22.0 Å². The molecule has 0 spiro atoms. The van der Waals surface area contributed by atoms with Gasteiger partial charge in [-0.2, -0.15) is 22.0 Å². The number of hydrogen-bond donors (Lipinski definition) is 1. The van der Waals surface area contributed by atoms with Gasteiger partial charge >= 0.3 is 12.1 Å². The molecular formula is C9H5F5N2O. The van der Waals surface area contributed by atoms with E-state index in [4.69, 9.17) is 5.73 Å². The maximum atomic E-state index is 12.9. The Morgan fingerprint density at radius 2 is 1.76 bits per heavy atom. The number of hydrogen-bond acceptors (Lipinski definition) is 3. The van der Waals surface area contributed by atoms with Crippen LogP contribution in [0.5, 0.6) is 0 Å². The van der Waals surface area contributed by atoms with Gasteiger partial charge in [-0.1, -0.05) is 0 Å². The SMILES string of the molecule is Nc1ccc2nc(C(F)(F)C(F)(F)F)oc2c1.